The van der Waals surface area contributed by atoms with Crippen LogP contribution in [0.4, 0.5) is 0 Å². The van der Waals surface area contributed by atoms with Gasteiger partial charge < -0.3 is 9.16 Å². The van der Waals surface area contributed by atoms with Gasteiger partial charge in [0, 0.05) is 19.6 Å². The van der Waals surface area contributed by atoms with Crippen LogP contribution in [0.15, 0.2) is 60.7 Å². The smallest absolute Gasteiger partial charge is 0.261 e. The molecule has 0 N–H and O–H groups in total. The highest BCUT2D eigenvalue weighted by atomic mass is 32.2. The third-order valence-electron chi connectivity index (χ3n) is 6.72. The lowest BCUT2D eigenvalue weighted by molar-refractivity contribution is -0.111. The summed E-state index contributed by atoms with van der Waals surface area (Å²) in [6.07, 6.45) is 4.52. The van der Waals surface area contributed by atoms with Crippen molar-refractivity contribution in [2.75, 3.05) is 12.9 Å². The molecule has 35 heavy (non-hydrogen) atoms. The lowest BCUT2D eigenvalue weighted by Gasteiger charge is -2.45. The zero-order valence-electron chi connectivity index (χ0n) is 22.9. The highest BCUT2D eigenvalue weighted by Gasteiger charge is 2.51. The van der Waals surface area contributed by atoms with Crippen molar-refractivity contribution < 1.29 is 14.0 Å². The fourth-order valence-electron chi connectivity index (χ4n) is 5.11. The lowest BCUT2D eigenvalue weighted by Crippen LogP contribution is -2.67. The molecule has 0 bridgehead atoms. The second-order valence-corrected chi connectivity index (χ2v) is 16.2. The molecule has 3 nitrogen and oxygen atoms in total. The maximum Gasteiger partial charge on any atom is 0.261 e. The van der Waals surface area contributed by atoms with E-state index in [2.05, 4.69) is 95.3 Å². The molecule has 0 radical (unpaired) electrons. The summed E-state index contributed by atoms with van der Waals surface area (Å²) in [4.78, 5) is 12.2. The minimum atomic E-state index is -2.62. The average molecular weight is 515 g/mol. The molecule has 0 aliphatic rings. The summed E-state index contributed by atoms with van der Waals surface area (Å²) < 4.78 is 13.4. The molecule has 0 amide bonds. The topological polar surface area (TPSA) is 35.5 Å². The molecule has 194 valence electrons. The van der Waals surface area contributed by atoms with Gasteiger partial charge in [-0.15, -0.1) is 0 Å². The van der Waals surface area contributed by atoms with E-state index in [0.717, 1.165) is 31.4 Å². The van der Waals surface area contributed by atoms with Gasteiger partial charge in [-0.3, -0.25) is 4.79 Å². The zero-order valence-corrected chi connectivity index (χ0v) is 24.7. The Morgan fingerprint density at radius 2 is 1.46 bits per heavy atom. The first-order valence-electron chi connectivity index (χ1n) is 13.1. The van der Waals surface area contributed by atoms with Crippen LogP contribution in [0, 0.1) is 5.92 Å². The van der Waals surface area contributed by atoms with Gasteiger partial charge in [-0.05, 0) is 46.3 Å². The number of ether oxygens (including phenoxy) is 1. The zero-order chi connectivity index (χ0) is 25.9. The molecule has 5 heteroatoms. The predicted octanol–water partition coefficient (Wildman–Crippen LogP) is 6.83. The summed E-state index contributed by atoms with van der Waals surface area (Å²) in [6, 6.07) is 21.7. The maximum absolute atomic E-state index is 12.2. The molecule has 0 heterocycles. The molecule has 0 aliphatic heterocycles. The number of rotatable bonds is 14. The van der Waals surface area contributed by atoms with Crippen molar-refractivity contribution >= 4 is 35.6 Å². The number of thioether (sulfide) groups is 1. The fraction of sp³-hybridized carbons (Fsp3) is 0.567. The molecular formula is C30H46O3SSi. The van der Waals surface area contributed by atoms with Crippen LogP contribution in [0.25, 0.3) is 0 Å². The van der Waals surface area contributed by atoms with Crippen LogP contribution >= 0.6 is 11.8 Å². The Labute approximate surface area is 219 Å². The highest BCUT2D eigenvalue weighted by molar-refractivity contribution is 8.13. The number of benzene rings is 2. The SMILES string of the molecule is CCC[C@@H](C[C@H](C[C@H](C)CC(=O)SCC)OC)O[Si](c1ccccc1)(c1ccccc1)C(C)(C)C. The van der Waals surface area contributed by atoms with Crippen molar-refractivity contribution in [3.05, 3.63) is 60.7 Å². The molecule has 0 fully saturated rings. The molecule has 0 aliphatic carbocycles. The number of carbonyl (C=O) groups is 1. The number of methoxy groups -OCH3 is 1. The maximum atomic E-state index is 12.2. The summed E-state index contributed by atoms with van der Waals surface area (Å²) in [7, 11) is -0.822. The molecular weight excluding hydrogens is 468 g/mol. The minimum Gasteiger partial charge on any atom is -0.404 e. The van der Waals surface area contributed by atoms with Crippen LogP contribution in [-0.4, -0.2) is 38.5 Å². The average Bonchev–Trinajstić information content (AvgIpc) is 2.82. The summed E-state index contributed by atoms with van der Waals surface area (Å²) >= 11 is 1.42. The highest BCUT2D eigenvalue weighted by Crippen LogP contribution is 2.38. The molecule has 2 rings (SSSR count). The van der Waals surface area contributed by atoms with Crippen LogP contribution in [-0.2, 0) is 14.0 Å². The van der Waals surface area contributed by atoms with Crippen molar-refractivity contribution in [3.8, 4) is 0 Å². The van der Waals surface area contributed by atoms with Gasteiger partial charge in [0.25, 0.3) is 8.32 Å². The van der Waals surface area contributed by atoms with E-state index in [1.165, 1.54) is 22.1 Å². The molecule has 0 unspecified atom stereocenters. The Bertz CT molecular complexity index is 827. The molecule has 2 aromatic rings. The lowest BCUT2D eigenvalue weighted by atomic mass is 9.96. The van der Waals surface area contributed by atoms with E-state index in [4.69, 9.17) is 9.16 Å². The van der Waals surface area contributed by atoms with E-state index >= 15 is 0 Å². The third kappa shape index (κ3) is 8.31. The summed E-state index contributed by atoms with van der Waals surface area (Å²) in [5.74, 6) is 1.13. The Morgan fingerprint density at radius 1 is 0.914 bits per heavy atom. The molecule has 2 aromatic carbocycles. The quantitative estimate of drug-likeness (QED) is 0.259. The monoisotopic (exact) mass is 514 g/mol. The van der Waals surface area contributed by atoms with Crippen molar-refractivity contribution in [3.63, 3.8) is 0 Å². The normalized spacial score (nSPS) is 14.9. The van der Waals surface area contributed by atoms with Gasteiger partial charge in [-0.1, -0.05) is 120 Å². The summed E-state index contributed by atoms with van der Waals surface area (Å²) in [5, 5.41) is 2.85. The van der Waals surface area contributed by atoms with Gasteiger partial charge >= 0.3 is 0 Å². The van der Waals surface area contributed by atoms with E-state index in [0.29, 0.717) is 12.3 Å². The molecule has 0 saturated carbocycles. The van der Waals surface area contributed by atoms with Gasteiger partial charge in [-0.25, -0.2) is 0 Å². The van der Waals surface area contributed by atoms with Crippen LogP contribution in [0.3, 0.4) is 0 Å². The van der Waals surface area contributed by atoms with E-state index in [-0.39, 0.29) is 22.4 Å². The van der Waals surface area contributed by atoms with Crippen LogP contribution < -0.4 is 10.4 Å². The Morgan fingerprint density at radius 3 is 1.89 bits per heavy atom. The minimum absolute atomic E-state index is 0.0542. The first-order chi connectivity index (χ1) is 16.7. The van der Waals surface area contributed by atoms with Crippen molar-refractivity contribution in [2.24, 2.45) is 5.92 Å². The first-order valence-corrected chi connectivity index (χ1v) is 16.0. The van der Waals surface area contributed by atoms with Gasteiger partial charge in [0.2, 0.25) is 0 Å². The van der Waals surface area contributed by atoms with Gasteiger partial charge in [0.1, 0.15) is 0 Å². The van der Waals surface area contributed by atoms with Crippen molar-refractivity contribution in [2.45, 2.75) is 90.9 Å². The second kappa shape index (κ2) is 14.4. The number of hydrogen-bond acceptors (Lipinski definition) is 4. The van der Waals surface area contributed by atoms with E-state index in [1.54, 1.807) is 7.11 Å². The van der Waals surface area contributed by atoms with Gasteiger partial charge in [0.15, 0.2) is 5.12 Å². The van der Waals surface area contributed by atoms with Crippen molar-refractivity contribution in [1.82, 2.24) is 0 Å². The largest absolute Gasteiger partial charge is 0.404 e. The second-order valence-electron chi connectivity index (χ2n) is 10.6. The van der Waals surface area contributed by atoms with Crippen LogP contribution in [0.1, 0.15) is 73.6 Å². The predicted molar refractivity (Wildman–Crippen MR) is 154 cm³/mol. The third-order valence-corrected chi connectivity index (χ3v) is 12.6. The van der Waals surface area contributed by atoms with E-state index in [9.17, 15) is 4.79 Å². The molecule has 0 spiro atoms. The number of carbonyl (C=O) groups excluding carboxylic acids is 1. The molecule has 0 aromatic heterocycles. The standard InChI is InChI=1S/C30H46O3SSi/c1-8-16-25(23-26(32-7)21-24(3)22-29(31)34-9-2)33-35(30(4,5)6,27-17-12-10-13-18-27)28-19-14-11-15-20-28/h10-15,17-20,24-26H,8-9,16,21-23H2,1-7H3/t24-,25-,26-/m0/s1. The molecule has 0 saturated heterocycles. The Hall–Kier alpha value is -1.40. The summed E-state index contributed by atoms with van der Waals surface area (Å²) in [6.45, 7) is 13.4. The fourth-order valence-corrected chi connectivity index (χ4v) is 10.6. The number of hydrogen-bond donors (Lipinski definition) is 0. The van der Waals surface area contributed by atoms with Crippen LogP contribution in [0.5, 0.6) is 0 Å². The van der Waals surface area contributed by atoms with Crippen LogP contribution in [0.2, 0.25) is 5.04 Å². The Balaban J connectivity index is 2.38. The van der Waals surface area contributed by atoms with Gasteiger partial charge in [0.05, 0.1) is 6.10 Å². The molecule has 3 atom stereocenters. The Kier molecular flexibility index (Phi) is 12.2. The van der Waals surface area contributed by atoms with Crippen molar-refractivity contribution in [1.29, 1.82) is 0 Å². The first kappa shape index (κ1) is 29.8. The van der Waals surface area contributed by atoms with E-state index in [1.807, 2.05) is 6.92 Å². The summed E-state index contributed by atoms with van der Waals surface area (Å²) in [5.41, 5.74) is 0. The van der Waals surface area contributed by atoms with Gasteiger partial charge in [-0.2, -0.15) is 0 Å². The van der Waals surface area contributed by atoms with E-state index < -0.39 is 8.32 Å².